The fourth-order valence-corrected chi connectivity index (χ4v) is 4.36. The van der Waals surface area contributed by atoms with E-state index in [1.54, 1.807) is 24.0 Å². The van der Waals surface area contributed by atoms with Crippen LogP contribution in [0.5, 0.6) is 11.5 Å². The summed E-state index contributed by atoms with van der Waals surface area (Å²) >= 11 is 0. The van der Waals surface area contributed by atoms with Crippen LogP contribution >= 0.6 is 0 Å². The second-order valence-electron chi connectivity index (χ2n) is 9.92. The number of hydrogen-bond donors (Lipinski definition) is 0. The Kier molecular flexibility index (Phi) is 10.8. The van der Waals surface area contributed by atoms with Crippen molar-refractivity contribution in [2.45, 2.75) is 46.6 Å². The van der Waals surface area contributed by atoms with Crippen LogP contribution in [0.25, 0.3) is 0 Å². The van der Waals surface area contributed by atoms with Crippen molar-refractivity contribution < 1.29 is 23.5 Å². The Labute approximate surface area is 226 Å². The van der Waals surface area contributed by atoms with Crippen molar-refractivity contribution in [3.63, 3.8) is 0 Å². The normalized spacial score (nSPS) is 10.9. The minimum absolute atomic E-state index is 0.00964. The molecular weight excluding hydrogens is 480 g/mol. The lowest BCUT2D eigenvalue weighted by molar-refractivity contribution is -0.141. The molecule has 0 saturated carbocycles. The number of nitrogens with zero attached hydrogens (tertiary/aromatic N) is 2. The van der Waals surface area contributed by atoms with Gasteiger partial charge in [0, 0.05) is 19.5 Å². The number of carbonyl (C=O) groups excluding carboxylic acids is 2. The Balaban J connectivity index is 1.72. The Morgan fingerprint density at radius 3 is 2.21 bits per heavy atom. The summed E-state index contributed by atoms with van der Waals surface area (Å²) in [5, 5.41) is 0. The van der Waals surface area contributed by atoms with E-state index in [9.17, 15) is 9.59 Å². The fourth-order valence-electron chi connectivity index (χ4n) is 4.36. The van der Waals surface area contributed by atoms with E-state index in [1.165, 1.54) is 0 Å². The second-order valence-corrected chi connectivity index (χ2v) is 9.92. The molecule has 0 fully saturated rings. The van der Waals surface area contributed by atoms with Gasteiger partial charge in [-0.2, -0.15) is 0 Å². The molecule has 3 aromatic rings. The standard InChI is InChI=1S/C31H40N2O5/c1-23(2)20-33(30(34)16-13-25-9-7-6-8-10-25)22-31(35)32(21-27-14-11-24(3)38-27)18-17-26-12-15-28(36-4)29(19-26)37-5/h6-12,14-15,19,23H,13,16-18,20-22H2,1-5H3. The lowest BCUT2D eigenvalue weighted by atomic mass is 10.1. The van der Waals surface area contributed by atoms with Crippen LogP contribution in [0.15, 0.2) is 65.1 Å². The molecule has 0 radical (unpaired) electrons. The van der Waals surface area contributed by atoms with Crippen molar-refractivity contribution in [2.24, 2.45) is 5.92 Å². The third-order valence-corrected chi connectivity index (χ3v) is 6.35. The molecule has 0 N–H and O–H groups in total. The summed E-state index contributed by atoms with van der Waals surface area (Å²) in [6, 6.07) is 19.5. The van der Waals surface area contributed by atoms with Gasteiger partial charge in [-0.3, -0.25) is 9.59 Å². The number of carbonyl (C=O) groups is 2. The average molecular weight is 521 g/mol. The van der Waals surface area contributed by atoms with E-state index < -0.39 is 0 Å². The summed E-state index contributed by atoms with van der Waals surface area (Å²) in [6.45, 7) is 7.38. The molecule has 0 aliphatic carbocycles. The third kappa shape index (κ3) is 8.68. The van der Waals surface area contributed by atoms with Gasteiger partial charge in [-0.15, -0.1) is 0 Å². The molecular formula is C31H40N2O5. The van der Waals surface area contributed by atoms with Gasteiger partial charge in [0.05, 0.1) is 27.3 Å². The number of furan rings is 1. The van der Waals surface area contributed by atoms with Crippen molar-refractivity contribution in [1.29, 1.82) is 0 Å². The molecule has 0 atom stereocenters. The van der Waals surface area contributed by atoms with Gasteiger partial charge in [0.2, 0.25) is 11.8 Å². The van der Waals surface area contributed by atoms with Gasteiger partial charge in [0.1, 0.15) is 11.5 Å². The maximum atomic E-state index is 13.6. The molecule has 204 valence electrons. The average Bonchev–Trinajstić information content (AvgIpc) is 3.33. The van der Waals surface area contributed by atoms with Crippen molar-refractivity contribution in [3.05, 3.63) is 83.3 Å². The summed E-state index contributed by atoms with van der Waals surface area (Å²) in [7, 11) is 3.21. The number of aryl methyl sites for hydroxylation is 2. The molecule has 1 aromatic heterocycles. The van der Waals surface area contributed by atoms with E-state index in [1.807, 2.05) is 67.6 Å². The lowest BCUT2D eigenvalue weighted by Gasteiger charge is -2.28. The maximum Gasteiger partial charge on any atom is 0.242 e. The summed E-state index contributed by atoms with van der Waals surface area (Å²) < 4.78 is 16.6. The molecule has 0 spiro atoms. The molecule has 0 unspecified atom stereocenters. The number of amides is 2. The SMILES string of the molecule is COc1ccc(CCN(Cc2ccc(C)o2)C(=O)CN(CC(C)C)C(=O)CCc2ccccc2)cc1OC. The first kappa shape index (κ1) is 28.8. The quantitative estimate of drug-likeness (QED) is 0.289. The van der Waals surface area contributed by atoms with E-state index in [0.29, 0.717) is 56.2 Å². The number of hydrogen-bond acceptors (Lipinski definition) is 5. The minimum atomic E-state index is -0.103. The third-order valence-electron chi connectivity index (χ3n) is 6.35. The number of benzene rings is 2. The number of methoxy groups -OCH3 is 2. The van der Waals surface area contributed by atoms with Crippen LogP contribution in [0.2, 0.25) is 0 Å². The van der Waals surface area contributed by atoms with Gasteiger partial charge < -0.3 is 23.7 Å². The van der Waals surface area contributed by atoms with Crippen LogP contribution in [-0.4, -0.2) is 55.5 Å². The summed E-state index contributed by atoms with van der Waals surface area (Å²) in [4.78, 5) is 30.3. The Bertz CT molecular complexity index is 1170. The van der Waals surface area contributed by atoms with Crippen molar-refractivity contribution >= 4 is 11.8 Å². The van der Waals surface area contributed by atoms with Gasteiger partial charge in [-0.1, -0.05) is 50.2 Å². The molecule has 7 nitrogen and oxygen atoms in total. The van der Waals surface area contributed by atoms with Crippen LogP contribution < -0.4 is 9.47 Å². The van der Waals surface area contributed by atoms with E-state index in [-0.39, 0.29) is 24.3 Å². The van der Waals surface area contributed by atoms with Crippen molar-refractivity contribution in [1.82, 2.24) is 9.80 Å². The summed E-state index contributed by atoms with van der Waals surface area (Å²) in [5.41, 5.74) is 2.13. The molecule has 1 heterocycles. The van der Waals surface area contributed by atoms with E-state index >= 15 is 0 Å². The van der Waals surface area contributed by atoms with Crippen molar-refractivity contribution in [2.75, 3.05) is 33.9 Å². The molecule has 0 saturated heterocycles. The smallest absolute Gasteiger partial charge is 0.242 e. The predicted molar refractivity (Wildman–Crippen MR) is 148 cm³/mol. The molecule has 2 amide bonds. The Morgan fingerprint density at radius 1 is 0.842 bits per heavy atom. The van der Waals surface area contributed by atoms with E-state index in [4.69, 9.17) is 13.9 Å². The van der Waals surface area contributed by atoms with Gasteiger partial charge in [-0.05, 0) is 61.1 Å². The highest BCUT2D eigenvalue weighted by Gasteiger charge is 2.23. The largest absolute Gasteiger partial charge is 0.493 e. The van der Waals surface area contributed by atoms with Crippen LogP contribution in [0.1, 0.15) is 42.9 Å². The zero-order valence-electron chi connectivity index (χ0n) is 23.2. The zero-order chi connectivity index (χ0) is 27.5. The first-order valence-electron chi connectivity index (χ1n) is 13.1. The topological polar surface area (TPSA) is 72.2 Å². The first-order valence-corrected chi connectivity index (χ1v) is 13.1. The Hall–Kier alpha value is -3.74. The molecule has 2 aromatic carbocycles. The van der Waals surface area contributed by atoms with Crippen LogP contribution in [0.4, 0.5) is 0 Å². The number of rotatable bonds is 14. The van der Waals surface area contributed by atoms with Gasteiger partial charge in [-0.25, -0.2) is 0 Å². The maximum absolute atomic E-state index is 13.6. The van der Waals surface area contributed by atoms with Gasteiger partial charge >= 0.3 is 0 Å². The highest BCUT2D eigenvalue weighted by atomic mass is 16.5. The second kappa shape index (κ2) is 14.3. The number of ether oxygens (including phenoxy) is 2. The summed E-state index contributed by atoms with van der Waals surface area (Å²) in [5.74, 6) is 2.96. The molecule has 0 aliphatic heterocycles. The first-order chi connectivity index (χ1) is 18.3. The van der Waals surface area contributed by atoms with Gasteiger partial charge in [0.25, 0.3) is 0 Å². The summed E-state index contributed by atoms with van der Waals surface area (Å²) in [6.07, 6.45) is 1.64. The van der Waals surface area contributed by atoms with E-state index in [0.717, 1.165) is 16.9 Å². The molecule has 38 heavy (non-hydrogen) atoms. The fraction of sp³-hybridized carbons (Fsp3) is 0.419. The van der Waals surface area contributed by atoms with Crippen LogP contribution in [0, 0.1) is 12.8 Å². The van der Waals surface area contributed by atoms with E-state index in [2.05, 4.69) is 13.8 Å². The minimum Gasteiger partial charge on any atom is -0.493 e. The van der Waals surface area contributed by atoms with Crippen molar-refractivity contribution in [3.8, 4) is 11.5 Å². The predicted octanol–water partition coefficient (Wildman–Crippen LogP) is 5.29. The van der Waals surface area contributed by atoms with Crippen LogP contribution in [0.3, 0.4) is 0 Å². The highest BCUT2D eigenvalue weighted by molar-refractivity contribution is 5.85. The molecule has 7 heteroatoms. The Morgan fingerprint density at radius 2 is 1.58 bits per heavy atom. The lowest BCUT2D eigenvalue weighted by Crippen LogP contribution is -2.44. The van der Waals surface area contributed by atoms with Gasteiger partial charge in [0.15, 0.2) is 11.5 Å². The zero-order valence-corrected chi connectivity index (χ0v) is 23.2. The molecule has 0 aliphatic rings. The molecule has 3 rings (SSSR count). The highest BCUT2D eigenvalue weighted by Crippen LogP contribution is 2.28. The monoisotopic (exact) mass is 520 g/mol. The van der Waals surface area contributed by atoms with Crippen LogP contribution in [-0.2, 0) is 29.0 Å². The molecule has 0 bridgehead atoms.